The second kappa shape index (κ2) is 56.9. The van der Waals surface area contributed by atoms with Crippen LogP contribution in [0.1, 0.15) is 328 Å². The highest BCUT2D eigenvalue weighted by atomic mass is 16.5. The van der Waals surface area contributed by atoms with Gasteiger partial charge in [0.1, 0.15) is 0 Å². The van der Waals surface area contributed by atoms with Gasteiger partial charge in [0.25, 0.3) is 0 Å². The minimum absolute atomic E-state index is 0.0192. The van der Waals surface area contributed by atoms with Gasteiger partial charge in [-0.05, 0) is 77.0 Å². The highest BCUT2D eigenvalue weighted by molar-refractivity contribution is 5.76. The third-order valence-electron chi connectivity index (χ3n) is 14.0. The number of esters is 1. The van der Waals surface area contributed by atoms with Crippen LogP contribution in [-0.2, 0) is 14.3 Å². The Kier molecular flexibility index (Phi) is 55.5. The van der Waals surface area contributed by atoms with Crippen molar-refractivity contribution in [2.75, 3.05) is 13.2 Å². The average molecular weight is 945 g/mol. The molecule has 0 aromatic carbocycles. The van der Waals surface area contributed by atoms with E-state index in [0.717, 1.165) is 70.6 Å². The van der Waals surface area contributed by atoms with Crippen LogP contribution in [0.5, 0.6) is 0 Å². The second-order valence-electron chi connectivity index (χ2n) is 20.7. The average Bonchev–Trinajstić information content (AvgIpc) is 3.33. The zero-order chi connectivity index (χ0) is 48.6. The zero-order valence-corrected chi connectivity index (χ0v) is 45.1. The molecule has 0 aliphatic heterocycles. The number of carbonyl (C=O) groups is 2. The first-order chi connectivity index (χ1) is 33.0. The number of carbonyl (C=O) groups excluding carboxylic acids is 2. The fourth-order valence-corrected chi connectivity index (χ4v) is 9.34. The van der Waals surface area contributed by atoms with Crippen molar-refractivity contribution in [3.63, 3.8) is 0 Å². The topological polar surface area (TPSA) is 95.9 Å². The van der Waals surface area contributed by atoms with Gasteiger partial charge >= 0.3 is 5.97 Å². The molecule has 67 heavy (non-hydrogen) atoms. The molecule has 1 amide bonds. The van der Waals surface area contributed by atoms with Gasteiger partial charge in [-0.25, -0.2) is 0 Å². The largest absolute Gasteiger partial charge is 0.466 e. The van der Waals surface area contributed by atoms with Crippen LogP contribution in [0.25, 0.3) is 0 Å². The number of hydrogen-bond acceptors (Lipinski definition) is 5. The SMILES string of the molecule is CCCCCCCCC/C=C\CCCCCCCC(=O)OCCCCCCCC/C=C\CCCCCC(=O)NC(CO)C(O)CCCCCCCCCCCCCCCCCCCCCCC. The maximum atomic E-state index is 12.5. The molecule has 396 valence electrons. The van der Waals surface area contributed by atoms with Crippen LogP contribution in [-0.4, -0.2) is 47.4 Å². The Bertz CT molecular complexity index is 1040. The standard InChI is InChI=1S/C61H117NO5/c1-3-5-7-9-11-13-15-17-19-21-22-23-24-25-26-29-33-37-41-45-49-53-59(64)58(57-63)62-60(65)54-50-46-42-38-34-30-28-32-36-40-44-48-52-56-67-61(66)55-51-47-43-39-35-31-27-20-18-16-14-12-10-8-6-4-2/h20,27,30,34,58-59,63-64H,3-19,21-26,28-29,31-33,35-57H2,1-2H3,(H,62,65)/b27-20-,34-30-. The number of aliphatic hydroxyl groups is 2. The molecule has 0 heterocycles. The van der Waals surface area contributed by atoms with Gasteiger partial charge in [0.15, 0.2) is 0 Å². The molecule has 0 aliphatic carbocycles. The first kappa shape index (κ1) is 65.3. The van der Waals surface area contributed by atoms with Crippen LogP contribution in [0.4, 0.5) is 0 Å². The van der Waals surface area contributed by atoms with Gasteiger partial charge in [0.2, 0.25) is 5.91 Å². The van der Waals surface area contributed by atoms with Crippen molar-refractivity contribution in [2.45, 2.75) is 341 Å². The minimum atomic E-state index is -0.683. The molecule has 2 atom stereocenters. The van der Waals surface area contributed by atoms with E-state index in [0.29, 0.717) is 25.9 Å². The maximum absolute atomic E-state index is 12.5. The van der Waals surface area contributed by atoms with Gasteiger partial charge in [-0.3, -0.25) is 9.59 Å². The van der Waals surface area contributed by atoms with E-state index in [1.807, 2.05) is 0 Å². The molecule has 0 bridgehead atoms. The van der Waals surface area contributed by atoms with E-state index in [4.69, 9.17) is 4.74 Å². The fraction of sp³-hybridized carbons (Fsp3) is 0.902. The smallest absolute Gasteiger partial charge is 0.305 e. The van der Waals surface area contributed by atoms with Crippen molar-refractivity contribution in [3.8, 4) is 0 Å². The summed E-state index contributed by atoms with van der Waals surface area (Å²) in [5.41, 5.74) is 0. The molecule has 6 nitrogen and oxygen atoms in total. The lowest BCUT2D eigenvalue weighted by molar-refractivity contribution is -0.143. The monoisotopic (exact) mass is 944 g/mol. The number of rotatable bonds is 56. The summed E-state index contributed by atoms with van der Waals surface area (Å²) in [5, 5.41) is 23.3. The number of nitrogens with one attached hydrogen (secondary N) is 1. The molecule has 0 spiro atoms. The molecular formula is C61H117NO5. The molecule has 0 aliphatic rings. The van der Waals surface area contributed by atoms with E-state index >= 15 is 0 Å². The lowest BCUT2D eigenvalue weighted by atomic mass is 10.0. The summed E-state index contributed by atoms with van der Waals surface area (Å²) in [6, 6.07) is -0.563. The maximum Gasteiger partial charge on any atom is 0.305 e. The van der Waals surface area contributed by atoms with Crippen molar-refractivity contribution in [1.82, 2.24) is 5.32 Å². The molecule has 6 heteroatoms. The Morgan fingerprint density at radius 1 is 0.403 bits per heavy atom. The van der Waals surface area contributed by atoms with Crippen molar-refractivity contribution in [2.24, 2.45) is 0 Å². The summed E-state index contributed by atoms with van der Waals surface area (Å²) in [5.74, 6) is -0.0815. The summed E-state index contributed by atoms with van der Waals surface area (Å²) in [6.07, 6.45) is 68.9. The second-order valence-corrected chi connectivity index (χ2v) is 20.7. The first-order valence-corrected chi connectivity index (χ1v) is 30.1. The Labute approximate surface area is 418 Å². The van der Waals surface area contributed by atoms with Gasteiger partial charge < -0.3 is 20.3 Å². The van der Waals surface area contributed by atoms with Crippen molar-refractivity contribution in [1.29, 1.82) is 0 Å². The lowest BCUT2D eigenvalue weighted by Crippen LogP contribution is -2.45. The zero-order valence-electron chi connectivity index (χ0n) is 45.1. The summed E-state index contributed by atoms with van der Waals surface area (Å²) in [6.45, 7) is 4.93. The van der Waals surface area contributed by atoms with E-state index in [-0.39, 0.29) is 18.5 Å². The molecule has 0 fully saturated rings. The highest BCUT2D eigenvalue weighted by Crippen LogP contribution is 2.17. The lowest BCUT2D eigenvalue weighted by Gasteiger charge is -2.22. The number of ether oxygens (including phenoxy) is 1. The van der Waals surface area contributed by atoms with Crippen molar-refractivity contribution in [3.05, 3.63) is 24.3 Å². The van der Waals surface area contributed by atoms with Gasteiger partial charge in [0.05, 0.1) is 25.4 Å². The molecule has 0 rings (SSSR count). The Hall–Kier alpha value is -1.66. The molecular weight excluding hydrogens is 827 g/mol. The number of allylic oxidation sites excluding steroid dienone is 4. The van der Waals surface area contributed by atoms with Crippen LogP contribution in [0, 0.1) is 0 Å². The summed E-state index contributed by atoms with van der Waals surface area (Å²) >= 11 is 0. The Morgan fingerprint density at radius 2 is 0.701 bits per heavy atom. The normalized spacial score (nSPS) is 12.7. The molecule has 0 saturated carbocycles. The number of unbranched alkanes of at least 4 members (excludes halogenated alkanes) is 41. The van der Waals surface area contributed by atoms with Crippen LogP contribution in [0.3, 0.4) is 0 Å². The molecule has 0 aromatic heterocycles. The number of aliphatic hydroxyl groups excluding tert-OH is 2. The van der Waals surface area contributed by atoms with E-state index in [1.165, 1.54) is 225 Å². The van der Waals surface area contributed by atoms with E-state index in [1.54, 1.807) is 0 Å². The summed E-state index contributed by atoms with van der Waals surface area (Å²) in [4.78, 5) is 24.6. The predicted octanol–water partition coefficient (Wildman–Crippen LogP) is 18.6. The third-order valence-corrected chi connectivity index (χ3v) is 14.0. The van der Waals surface area contributed by atoms with Crippen molar-refractivity contribution >= 4 is 11.9 Å². The quantitative estimate of drug-likeness (QED) is 0.0321. The molecule has 0 saturated heterocycles. The number of amides is 1. The van der Waals surface area contributed by atoms with Gasteiger partial charge in [-0.15, -0.1) is 0 Å². The fourth-order valence-electron chi connectivity index (χ4n) is 9.34. The van der Waals surface area contributed by atoms with Crippen LogP contribution < -0.4 is 5.32 Å². The van der Waals surface area contributed by atoms with E-state index < -0.39 is 12.1 Å². The van der Waals surface area contributed by atoms with Crippen LogP contribution in [0.15, 0.2) is 24.3 Å². The van der Waals surface area contributed by atoms with E-state index in [9.17, 15) is 19.8 Å². The summed E-state index contributed by atoms with van der Waals surface area (Å²) < 4.78 is 5.47. The van der Waals surface area contributed by atoms with Crippen molar-refractivity contribution < 1.29 is 24.5 Å². The van der Waals surface area contributed by atoms with Gasteiger partial charge in [0, 0.05) is 12.8 Å². The summed E-state index contributed by atoms with van der Waals surface area (Å²) in [7, 11) is 0. The first-order valence-electron chi connectivity index (χ1n) is 30.1. The predicted molar refractivity (Wildman–Crippen MR) is 292 cm³/mol. The molecule has 2 unspecified atom stereocenters. The van der Waals surface area contributed by atoms with Crippen LogP contribution >= 0.6 is 0 Å². The van der Waals surface area contributed by atoms with Crippen LogP contribution in [0.2, 0.25) is 0 Å². The minimum Gasteiger partial charge on any atom is -0.466 e. The molecule has 0 radical (unpaired) electrons. The Morgan fingerprint density at radius 3 is 1.07 bits per heavy atom. The van der Waals surface area contributed by atoms with E-state index in [2.05, 4.69) is 43.5 Å². The third kappa shape index (κ3) is 53.5. The molecule has 3 N–H and O–H groups in total. The van der Waals surface area contributed by atoms with Gasteiger partial charge in [-0.2, -0.15) is 0 Å². The van der Waals surface area contributed by atoms with Gasteiger partial charge in [-0.1, -0.05) is 263 Å². The Balaban J connectivity index is 3.48. The molecule has 0 aromatic rings. The highest BCUT2D eigenvalue weighted by Gasteiger charge is 2.20. The number of hydrogen-bond donors (Lipinski definition) is 3.